The second kappa shape index (κ2) is 4.47. The number of carbonyl (C=O) groups excluding carboxylic acids is 1. The number of nitrogens with zero attached hydrogens (tertiary/aromatic N) is 3. The SMILES string of the molecule is Cc1ncccc1-c1cc(C(N)=O)c(Cl)nn1. The molecule has 2 heterocycles. The summed E-state index contributed by atoms with van der Waals surface area (Å²) < 4.78 is 0. The topological polar surface area (TPSA) is 81.8 Å². The summed E-state index contributed by atoms with van der Waals surface area (Å²) in [6.07, 6.45) is 1.68. The number of halogens is 1. The standard InChI is InChI=1S/C11H9ClN4O/c1-6-7(3-2-4-14-6)9-5-8(11(13)17)10(12)16-15-9/h2-5H,1H3,(H2,13,17). The molecule has 0 bridgehead atoms. The maximum Gasteiger partial charge on any atom is 0.251 e. The smallest absolute Gasteiger partial charge is 0.251 e. The van der Waals surface area contributed by atoms with Crippen molar-refractivity contribution in [1.29, 1.82) is 0 Å². The Hall–Kier alpha value is -2.01. The molecule has 17 heavy (non-hydrogen) atoms. The average Bonchev–Trinajstić information content (AvgIpc) is 2.30. The molecule has 0 aliphatic carbocycles. The molecule has 0 saturated heterocycles. The average molecular weight is 249 g/mol. The number of pyridine rings is 1. The third kappa shape index (κ3) is 2.24. The highest BCUT2D eigenvalue weighted by molar-refractivity contribution is 6.32. The first kappa shape index (κ1) is 11.5. The zero-order chi connectivity index (χ0) is 12.4. The Bertz CT molecular complexity index is 585. The molecule has 0 fully saturated rings. The van der Waals surface area contributed by atoms with Crippen LogP contribution in [0.5, 0.6) is 0 Å². The molecule has 0 aromatic carbocycles. The second-order valence-corrected chi connectivity index (χ2v) is 3.79. The van der Waals surface area contributed by atoms with Gasteiger partial charge in [-0.2, -0.15) is 0 Å². The molecular formula is C11H9ClN4O. The van der Waals surface area contributed by atoms with Crippen molar-refractivity contribution in [2.45, 2.75) is 6.92 Å². The van der Waals surface area contributed by atoms with E-state index in [0.29, 0.717) is 5.69 Å². The fraction of sp³-hybridized carbons (Fsp3) is 0.0909. The van der Waals surface area contributed by atoms with Crippen molar-refractivity contribution in [2.75, 3.05) is 0 Å². The number of amides is 1. The van der Waals surface area contributed by atoms with Gasteiger partial charge in [0.25, 0.3) is 5.91 Å². The third-order valence-electron chi connectivity index (χ3n) is 2.30. The van der Waals surface area contributed by atoms with Crippen LogP contribution in [0.3, 0.4) is 0 Å². The zero-order valence-corrected chi connectivity index (χ0v) is 9.77. The highest BCUT2D eigenvalue weighted by Crippen LogP contribution is 2.22. The van der Waals surface area contributed by atoms with E-state index in [-0.39, 0.29) is 10.7 Å². The van der Waals surface area contributed by atoms with Crippen LogP contribution in [0.15, 0.2) is 24.4 Å². The summed E-state index contributed by atoms with van der Waals surface area (Å²) in [5, 5.41) is 7.63. The summed E-state index contributed by atoms with van der Waals surface area (Å²) in [5.41, 5.74) is 7.45. The molecule has 0 atom stereocenters. The molecule has 1 amide bonds. The highest BCUT2D eigenvalue weighted by Gasteiger charge is 2.12. The Kier molecular flexibility index (Phi) is 3.01. The maximum atomic E-state index is 11.1. The molecule has 2 N–H and O–H groups in total. The van der Waals surface area contributed by atoms with Crippen molar-refractivity contribution in [1.82, 2.24) is 15.2 Å². The minimum absolute atomic E-state index is 0.00259. The predicted molar refractivity (Wildman–Crippen MR) is 63.5 cm³/mol. The van der Waals surface area contributed by atoms with Gasteiger partial charge in [0.15, 0.2) is 5.15 Å². The second-order valence-electron chi connectivity index (χ2n) is 3.43. The van der Waals surface area contributed by atoms with E-state index in [1.165, 1.54) is 6.07 Å². The van der Waals surface area contributed by atoms with E-state index in [1.807, 2.05) is 13.0 Å². The first-order valence-electron chi connectivity index (χ1n) is 4.84. The van der Waals surface area contributed by atoms with E-state index < -0.39 is 5.91 Å². The van der Waals surface area contributed by atoms with Crippen LogP contribution in [0.4, 0.5) is 0 Å². The predicted octanol–water partition coefficient (Wildman–Crippen LogP) is 1.60. The molecule has 6 heteroatoms. The number of carbonyl (C=O) groups is 1. The van der Waals surface area contributed by atoms with Gasteiger partial charge in [-0.3, -0.25) is 9.78 Å². The van der Waals surface area contributed by atoms with Gasteiger partial charge in [0.05, 0.1) is 11.3 Å². The van der Waals surface area contributed by atoms with Gasteiger partial charge >= 0.3 is 0 Å². The van der Waals surface area contributed by atoms with Crippen LogP contribution in [0.2, 0.25) is 5.15 Å². The van der Waals surface area contributed by atoms with Crippen molar-refractivity contribution >= 4 is 17.5 Å². The van der Waals surface area contributed by atoms with E-state index >= 15 is 0 Å². The van der Waals surface area contributed by atoms with Gasteiger partial charge < -0.3 is 5.73 Å². The molecule has 2 rings (SSSR count). The lowest BCUT2D eigenvalue weighted by Gasteiger charge is -2.05. The fourth-order valence-electron chi connectivity index (χ4n) is 1.44. The Morgan fingerprint density at radius 3 is 2.82 bits per heavy atom. The molecule has 5 nitrogen and oxygen atoms in total. The van der Waals surface area contributed by atoms with Crippen molar-refractivity contribution in [2.24, 2.45) is 5.73 Å². The van der Waals surface area contributed by atoms with Crippen LogP contribution < -0.4 is 5.73 Å². The summed E-state index contributed by atoms with van der Waals surface area (Å²) in [7, 11) is 0. The Morgan fingerprint density at radius 1 is 1.41 bits per heavy atom. The van der Waals surface area contributed by atoms with Gasteiger partial charge in [0.2, 0.25) is 0 Å². The van der Waals surface area contributed by atoms with Crippen LogP contribution in [0.1, 0.15) is 16.1 Å². The number of aryl methyl sites for hydroxylation is 1. The normalized spacial score (nSPS) is 10.2. The van der Waals surface area contributed by atoms with Gasteiger partial charge in [0, 0.05) is 17.5 Å². The monoisotopic (exact) mass is 248 g/mol. The summed E-state index contributed by atoms with van der Waals surface area (Å²) in [5.74, 6) is -0.632. The minimum atomic E-state index is -0.632. The van der Waals surface area contributed by atoms with Gasteiger partial charge in [-0.15, -0.1) is 10.2 Å². The molecule has 0 unspecified atom stereocenters. The van der Waals surface area contributed by atoms with E-state index in [9.17, 15) is 4.79 Å². The molecule has 2 aromatic rings. The molecule has 0 saturated carbocycles. The lowest BCUT2D eigenvalue weighted by molar-refractivity contribution is 0.1000. The Balaban J connectivity index is 2.58. The van der Waals surface area contributed by atoms with Gasteiger partial charge in [-0.25, -0.2) is 0 Å². The number of hydrogen-bond donors (Lipinski definition) is 1. The fourth-order valence-corrected chi connectivity index (χ4v) is 1.62. The molecule has 2 aromatic heterocycles. The van der Waals surface area contributed by atoms with E-state index in [0.717, 1.165) is 11.3 Å². The molecule has 0 aliphatic rings. The maximum absolute atomic E-state index is 11.1. The minimum Gasteiger partial charge on any atom is -0.366 e. The van der Waals surface area contributed by atoms with Crippen molar-refractivity contribution in [3.05, 3.63) is 40.8 Å². The number of nitrogens with two attached hydrogens (primary N) is 1. The van der Waals surface area contributed by atoms with Crippen LogP contribution in [-0.2, 0) is 0 Å². The van der Waals surface area contributed by atoms with Gasteiger partial charge in [-0.05, 0) is 25.1 Å². The van der Waals surface area contributed by atoms with Crippen LogP contribution in [-0.4, -0.2) is 21.1 Å². The molecule has 0 aliphatic heterocycles. The van der Waals surface area contributed by atoms with Gasteiger partial charge in [-0.1, -0.05) is 11.6 Å². The van der Waals surface area contributed by atoms with Gasteiger partial charge in [0.1, 0.15) is 0 Å². The van der Waals surface area contributed by atoms with Crippen LogP contribution in [0, 0.1) is 6.92 Å². The summed E-state index contributed by atoms with van der Waals surface area (Å²) in [6.45, 7) is 1.84. The summed E-state index contributed by atoms with van der Waals surface area (Å²) in [4.78, 5) is 15.3. The Morgan fingerprint density at radius 2 is 2.18 bits per heavy atom. The zero-order valence-electron chi connectivity index (χ0n) is 9.01. The van der Waals surface area contributed by atoms with E-state index in [4.69, 9.17) is 17.3 Å². The molecule has 0 spiro atoms. The summed E-state index contributed by atoms with van der Waals surface area (Å²) >= 11 is 5.73. The third-order valence-corrected chi connectivity index (χ3v) is 2.58. The van der Waals surface area contributed by atoms with Crippen LogP contribution in [0.25, 0.3) is 11.3 Å². The molecular weight excluding hydrogens is 240 g/mol. The first-order chi connectivity index (χ1) is 8.09. The number of hydrogen-bond acceptors (Lipinski definition) is 4. The lowest BCUT2D eigenvalue weighted by atomic mass is 10.1. The number of rotatable bonds is 2. The van der Waals surface area contributed by atoms with Crippen molar-refractivity contribution in [3.63, 3.8) is 0 Å². The van der Waals surface area contributed by atoms with E-state index in [2.05, 4.69) is 15.2 Å². The van der Waals surface area contributed by atoms with Crippen molar-refractivity contribution in [3.8, 4) is 11.3 Å². The van der Waals surface area contributed by atoms with Crippen LogP contribution >= 0.6 is 11.6 Å². The first-order valence-corrected chi connectivity index (χ1v) is 5.22. The number of primary amides is 1. The molecule has 86 valence electrons. The summed E-state index contributed by atoms with van der Waals surface area (Å²) in [6, 6.07) is 5.13. The highest BCUT2D eigenvalue weighted by atomic mass is 35.5. The molecule has 0 radical (unpaired) electrons. The van der Waals surface area contributed by atoms with E-state index in [1.54, 1.807) is 12.3 Å². The van der Waals surface area contributed by atoms with Crippen molar-refractivity contribution < 1.29 is 4.79 Å². The Labute approximate surface area is 103 Å². The largest absolute Gasteiger partial charge is 0.366 e. The quantitative estimate of drug-likeness (QED) is 0.875. The lowest BCUT2D eigenvalue weighted by Crippen LogP contribution is -2.13. The number of aromatic nitrogens is 3.